The molecule has 1 aliphatic heterocycles. The zero-order chi connectivity index (χ0) is 12.8. The van der Waals surface area contributed by atoms with E-state index in [4.69, 9.17) is 10.5 Å². The fraction of sp³-hybridized carbons (Fsp3) is 0.571. The lowest BCUT2D eigenvalue weighted by Gasteiger charge is -2.31. The Morgan fingerprint density at radius 1 is 1.50 bits per heavy atom. The van der Waals surface area contributed by atoms with Crippen LogP contribution in [0, 0.1) is 0 Å². The summed E-state index contributed by atoms with van der Waals surface area (Å²) < 4.78 is 5.73. The highest BCUT2D eigenvalue weighted by Crippen LogP contribution is 2.21. The standard InChI is InChI=1S/C14H22N2OS/c1-2-14-11-16(7-9-18-14)6-8-17-13-5-3-4-12(15)10-13/h3-5,10,14H,2,6-9,11,15H2,1H3. The molecule has 2 rings (SSSR count). The van der Waals surface area contributed by atoms with Crippen LogP contribution in [0.2, 0.25) is 0 Å². The molecular formula is C14H22N2OS. The monoisotopic (exact) mass is 266 g/mol. The van der Waals surface area contributed by atoms with E-state index in [2.05, 4.69) is 23.6 Å². The van der Waals surface area contributed by atoms with Crippen molar-refractivity contribution in [3.8, 4) is 5.75 Å². The maximum absolute atomic E-state index is 5.73. The Kier molecular flexibility index (Phi) is 5.20. The summed E-state index contributed by atoms with van der Waals surface area (Å²) in [5.41, 5.74) is 6.47. The van der Waals surface area contributed by atoms with E-state index in [-0.39, 0.29) is 0 Å². The zero-order valence-electron chi connectivity index (χ0n) is 11.0. The molecule has 100 valence electrons. The summed E-state index contributed by atoms with van der Waals surface area (Å²) in [5, 5.41) is 0.797. The Hall–Kier alpha value is -0.870. The summed E-state index contributed by atoms with van der Waals surface area (Å²) in [6, 6.07) is 7.63. The van der Waals surface area contributed by atoms with Gasteiger partial charge in [0.05, 0.1) is 0 Å². The topological polar surface area (TPSA) is 38.5 Å². The molecule has 1 heterocycles. The molecule has 1 aromatic carbocycles. The van der Waals surface area contributed by atoms with Crippen LogP contribution in [0.3, 0.4) is 0 Å². The minimum atomic E-state index is 0.741. The molecule has 1 aliphatic rings. The number of benzene rings is 1. The average molecular weight is 266 g/mol. The van der Waals surface area contributed by atoms with Gasteiger partial charge in [0.1, 0.15) is 12.4 Å². The predicted molar refractivity (Wildman–Crippen MR) is 79.3 cm³/mol. The molecule has 3 nitrogen and oxygen atoms in total. The first-order valence-corrected chi connectivity index (χ1v) is 7.65. The molecule has 18 heavy (non-hydrogen) atoms. The van der Waals surface area contributed by atoms with Gasteiger partial charge in [-0.1, -0.05) is 13.0 Å². The quantitative estimate of drug-likeness (QED) is 0.831. The lowest BCUT2D eigenvalue weighted by Crippen LogP contribution is -2.39. The van der Waals surface area contributed by atoms with Gasteiger partial charge < -0.3 is 10.5 Å². The molecule has 1 unspecified atom stereocenters. The minimum Gasteiger partial charge on any atom is -0.492 e. The molecule has 0 radical (unpaired) electrons. The highest BCUT2D eigenvalue weighted by Gasteiger charge is 2.18. The summed E-state index contributed by atoms with van der Waals surface area (Å²) in [6.45, 7) is 6.39. The lowest BCUT2D eigenvalue weighted by molar-refractivity contribution is 0.212. The third-order valence-electron chi connectivity index (χ3n) is 3.21. The van der Waals surface area contributed by atoms with E-state index in [0.717, 1.165) is 29.8 Å². The van der Waals surface area contributed by atoms with Crippen molar-refractivity contribution >= 4 is 17.4 Å². The average Bonchev–Trinajstić information content (AvgIpc) is 2.39. The van der Waals surface area contributed by atoms with E-state index in [0.29, 0.717) is 0 Å². The van der Waals surface area contributed by atoms with Gasteiger partial charge in [0.2, 0.25) is 0 Å². The maximum Gasteiger partial charge on any atom is 0.121 e. The molecule has 1 atom stereocenters. The summed E-state index contributed by atoms with van der Waals surface area (Å²) in [4.78, 5) is 2.50. The highest BCUT2D eigenvalue weighted by atomic mass is 32.2. The van der Waals surface area contributed by atoms with Gasteiger partial charge in [-0.2, -0.15) is 11.8 Å². The molecule has 0 spiro atoms. The second kappa shape index (κ2) is 6.90. The van der Waals surface area contributed by atoms with Crippen LogP contribution in [0.1, 0.15) is 13.3 Å². The van der Waals surface area contributed by atoms with Crippen LogP contribution in [0.4, 0.5) is 5.69 Å². The third kappa shape index (κ3) is 4.10. The normalized spacial score (nSPS) is 20.8. The van der Waals surface area contributed by atoms with Gasteiger partial charge in [-0.25, -0.2) is 0 Å². The summed E-state index contributed by atoms with van der Waals surface area (Å²) in [7, 11) is 0. The van der Waals surface area contributed by atoms with Gasteiger partial charge in [-0.05, 0) is 18.6 Å². The van der Waals surface area contributed by atoms with E-state index in [1.807, 2.05) is 24.3 Å². The Labute approximate surface area is 114 Å². The third-order valence-corrected chi connectivity index (χ3v) is 4.58. The first-order chi connectivity index (χ1) is 8.78. The molecule has 1 aromatic rings. The molecule has 0 bridgehead atoms. The van der Waals surface area contributed by atoms with Gasteiger partial charge >= 0.3 is 0 Å². The van der Waals surface area contributed by atoms with E-state index in [1.165, 1.54) is 25.3 Å². The van der Waals surface area contributed by atoms with Crippen molar-refractivity contribution in [3.05, 3.63) is 24.3 Å². The molecule has 0 saturated carbocycles. The number of nitrogen functional groups attached to an aromatic ring is 1. The lowest BCUT2D eigenvalue weighted by atomic mass is 10.3. The van der Waals surface area contributed by atoms with Crippen molar-refractivity contribution in [2.45, 2.75) is 18.6 Å². The molecule has 1 fully saturated rings. The first kappa shape index (κ1) is 13.6. The van der Waals surface area contributed by atoms with E-state index >= 15 is 0 Å². The van der Waals surface area contributed by atoms with E-state index in [1.54, 1.807) is 0 Å². The van der Waals surface area contributed by atoms with E-state index in [9.17, 15) is 0 Å². The van der Waals surface area contributed by atoms with Crippen molar-refractivity contribution in [1.82, 2.24) is 4.90 Å². The molecule has 0 amide bonds. The molecule has 0 aliphatic carbocycles. The van der Waals surface area contributed by atoms with Crippen LogP contribution in [0.25, 0.3) is 0 Å². The number of nitrogens with zero attached hydrogens (tertiary/aromatic N) is 1. The van der Waals surface area contributed by atoms with Crippen LogP contribution in [0.15, 0.2) is 24.3 Å². The highest BCUT2D eigenvalue weighted by molar-refractivity contribution is 8.00. The minimum absolute atomic E-state index is 0.741. The van der Waals surface area contributed by atoms with Crippen LogP contribution >= 0.6 is 11.8 Å². The van der Waals surface area contributed by atoms with Crippen molar-refractivity contribution < 1.29 is 4.74 Å². The molecule has 0 aromatic heterocycles. The van der Waals surface area contributed by atoms with E-state index < -0.39 is 0 Å². The Bertz CT molecular complexity index is 373. The second-order valence-electron chi connectivity index (χ2n) is 4.62. The van der Waals surface area contributed by atoms with Gasteiger partial charge in [-0.15, -0.1) is 0 Å². The van der Waals surface area contributed by atoms with Crippen LogP contribution in [0.5, 0.6) is 5.75 Å². The van der Waals surface area contributed by atoms with Gasteiger partial charge in [-0.3, -0.25) is 4.90 Å². The van der Waals surface area contributed by atoms with Crippen LogP contribution in [-0.2, 0) is 0 Å². The summed E-state index contributed by atoms with van der Waals surface area (Å²) in [5.74, 6) is 2.12. The summed E-state index contributed by atoms with van der Waals surface area (Å²) in [6.07, 6.45) is 1.26. The number of hydrogen-bond acceptors (Lipinski definition) is 4. The van der Waals surface area contributed by atoms with Crippen molar-refractivity contribution in [2.75, 3.05) is 37.7 Å². The SMILES string of the molecule is CCC1CN(CCOc2cccc(N)c2)CCS1. The molecular weight excluding hydrogens is 244 g/mol. The number of nitrogens with two attached hydrogens (primary N) is 1. The number of thioether (sulfide) groups is 1. The van der Waals surface area contributed by atoms with Crippen LogP contribution in [-0.4, -0.2) is 42.1 Å². The number of ether oxygens (including phenoxy) is 1. The Morgan fingerprint density at radius 2 is 2.39 bits per heavy atom. The zero-order valence-corrected chi connectivity index (χ0v) is 11.8. The number of anilines is 1. The van der Waals surface area contributed by atoms with Crippen molar-refractivity contribution in [2.24, 2.45) is 0 Å². The van der Waals surface area contributed by atoms with Crippen molar-refractivity contribution in [3.63, 3.8) is 0 Å². The fourth-order valence-corrected chi connectivity index (χ4v) is 3.38. The largest absolute Gasteiger partial charge is 0.492 e. The van der Waals surface area contributed by atoms with Gasteiger partial charge in [0.15, 0.2) is 0 Å². The Morgan fingerprint density at radius 3 is 3.17 bits per heavy atom. The maximum atomic E-state index is 5.73. The number of hydrogen-bond donors (Lipinski definition) is 1. The van der Waals surface area contributed by atoms with Crippen molar-refractivity contribution in [1.29, 1.82) is 0 Å². The summed E-state index contributed by atoms with van der Waals surface area (Å²) >= 11 is 2.10. The molecule has 1 saturated heterocycles. The van der Waals surface area contributed by atoms with Crippen LogP contribution < -0.4 is 10.5 Å². The first-order valence-electron chi connectivity index (χ1n) is 6.60. The Balaban J connectivity index is 1.72. The smallest absolute Gasteiger partial charge is 0.121 e. The molecule has 4 heteroatoms. The molecule has 2 N–H and O–H groups in total. The van der Waals surface area contributed by atoms with Gasteiger partial charge in [0.25, 0.3) is 0 Å². The second-order valence-corrected chi connectivity index (χ2v) is 6.03. The predicted octanol–water partition coefficient (Wildman–Crippen LogP) is 2.48. The van der Waals surface area contributed by atoms with Gasteiger partial charge in [0, 0.05) is 42.4 Å². The fourth-order valence-electron chi connectivity index (χ4n) is 2.13. The number of rotatable bonds is 5.